The van der Waals surface area contributed by atoms with Gasteiger partial charge in [0.05, 0.1) is 5.92 Å². The summed E-state index contributed by atoms with van der Waals surface area (Å²) in [6.45, 7) is 5.93. The average molecular weight is 184 g/mol. The van der Waals surface area contributed by atoms with Gasteiger partial charge in [0.25, 0.3) is 0 Å². The van der Waals surface area contributed by atoms with Gasteiger partial charge in [-0.25, -0.2) is 0 Å². The van der Waals surface area contributed by atoms with Crippen molar-refractivity contribution >= 4 is 11.8 Å². The van der Waals surface area contributed by atoms with Crippen LogP contribution in [0.4, 0.5) is 0 Å². The van der Waals surface area contributed by atoms with Gasteiger partial charge in [-0.1, -0.05) is 6.92 Å². The first-order valence-corrected chi connectivity index (χ1v) is 4.60. The monoisotopic (exact) mass is 184 g/mol. The van der Waals surface area contributed by atoms with E-state index in [1.54, 1.807) is 0 Å². The third-order valence-electron chi connectivity index (χ3n) is 2.43. The van der Waals surface area contributed by atoms with Crippen LogP contribution in [0.15, 0.2) is 0 Å². The molecule has 2 rings (SSSR count). The maximum Gasteiger partial charge on any atom is 0.225 e. The molecule has 0 bridgehead atoms. The molecule has 2 saturated heterocycles. The molecule has 74 valence electrons. The van der Waals surface area contributed by atoms with Crippen molar-refractivity contribution in [1.29, 1.82) is 0 Å². The summed E-state index contributed by atoms with van der Waals surface area (Å²) in [5.41, 5.74) is 0. The van der Waals surface area contributed by atoms with Crippen molar-refractivity contribution in [2.45, 2.75) is 39.3 Å². The van der Waals surface area contributed by atoms with E-state index in [4.69, 9.17) is 0 Å². The number of amides is 2. The Morgan fingerprint density at radius 3 is 1.69 bits per heavy atom. The van der Waals surface area contributed by atoms with E-state index in [0.717, 1.165) is 6.42 Å². The van der Waals surface area contributed by atoms with Crippen LogP contribution in [0.5, 0.6) is 0 Å². The molecule has 4 heteroatoms. The molecule has 0 radical (unpaired) electrons. The molecule has 4 nitrogen and oxygen atoms in total. The van der Waals surface area contributed by atoms with Crippen LogP contribution in [0.3, 0.4) is 0 Å². The Morgan fingerprint density at radius 1 is 1.15 bits per heavy atom. The van der Waals surface area contributed by atoms with Crippen LogP contribution < -0.4 is 10.6 Å². The zero-order valence-corrected chi connectivity index (χ0v) is 8.26. The second-order valence-electron chi connectivity index (χ2n) is 3.76. The predicted molar refractivity (Wildman–Crippen MR) is 49.0 cm³/mol. The molecular weight excluding hydrogens is 168 g/mol. The lowest BCUT2D eigenvalue weighted by Crippen LogP contribution is -2.54. The summed E-state index contributed by atoms with van der Waals surface area (Å²) in [4.78, 5) is 20.3. The van der Waals surface area contributed by atoms with Crippen LogP contribution in [-0.2, 0) is 9.59 Å². The van der Waals surface area contributed by atoms with E-state index < -0.39 is 0 Å². The van der Waals surface area contributed by atoms with Gasteiger partial charge >= 0.3 is 0 Å². The number of hydrogen-bond acceptors (Lipinski definition) is 2. The zero-order valence-electron chi connectivity index (χ0n) is 8.26. The van der Waals surface area contributed by atoms with Gasteiger partial charge in [0.2, 0.25) is 11.8 Å². The van der Waals surface area contributed by atoms with Gasteiger partial charge < -0.3 is 10.6 Å². The first kappa shape index (κ1) is 10.0. The van der Waals surface area contributed by atoms with Crippen molar-refractivity contribution in [2.75, 3.05) is 0 Å². The molecule has 2 amide bonds. The summed E-state index contributed by atoms with van der Waals surface area (Å²) in [5, 5.41) is 5.38. The molecular formula is C9H16N2O2. The fourth-order valence-corrected chi connectivity index (χ4v) is 1.14. The van der Waals surface area contributed by atoms with Gasteiger partial charge in [0.1, 0.15) is 0 Å². The molecule has 0 aliphatic carbocycles. The fourth-order valence-electron chi connectivity index (χ4n) is 1.14. The van der Waals surface area contributed by atoms with Crippen molar-refractivity contribution in [1.82, 2.24) is 10.6 Å². The van der Waals surface area contributed by atoms with Crippen LogP contribution >= 0.6 is 0 Å². The van der Waals surface area contributed by atoms with Crippen LogP contribution in [0.1, 0.15) is 27.2 Å². The maximum atomic E-state index is 10.3. The largest absolute Gasteiger partial charge is 0.353 e. The lowest BCUT2D eigenvalue weighted by atomic mass is 9.95. The van der Waals surface area contributed by atoms with Gasteiger partial charge in [0, 0.05) is 18.5 Å². The number of carbonyl (C=O) groups excluding carboxylic acids is 2. The first-order valence-electron chi connectivity index (χ1n) is 4.60. The highest BCUT2D eigenvalue weighted by atomic mass is 16.2. The first-order chi connectivity index (χ1) is 6.00. The van der Waals surface area contributed by atoms with Crippen LogP contribution in [-0.4, -0.2) is 23.9 Å². The lowest BCUT2D eigenvalue weighted by Gasteiger charge is -2.30. The Morgan fingerprint density at radius 2 is 1.69 bits per heavy atom. The SMILES string of the molecule is CC1CC(=O)N1.CC1NC(=O)C1C. The molecule has 2 aliphatic heterocycles. The highest BCUT2D eigenvalue weighted by Gasteiger charge is 2.30. The molecule has 2 aliphatic rings. The van der Waals surface area contributed by atoms with Crippen LogP contribution in [0, 0.1) is 5.92 Å². The molecule has 0 saturated carbocycles. The summed E-state index contributed by atoms with van der Waals surface area (Å²) in [7, 11) is 0. The number of β-lactam (4-membered cyclic amide) rings is 2. The Labute approximate surface area is 78.1 Å². The maximum absolute atomic E-state index is 10.3. The molecule has 2 fully saturated rings. The van der Waals surface area contributed by atoms with Crippen molar-refractivity contribution < 1.29 is 9.59 Å². The molecule has 2 heterocycles. The minimum Gasteiger partial charge on any atom is -0.353 e. The van der Waals surface area contributed by atoms with Crippen LogP contribution in [0.2, 0.25) is 0 Å². The minimum atomic E-state index is 0.183. The topological polar surface area (TPSA) is 58.2 Å². The smallest absolute Gasteiger partial charge is 0.225 e. The zero-order chi connectivity index (χ0) is 10.0. The molecule has 3 atom stereocenters. The van der Waals surface area contributed by atoms with E-state index >= 15 is 0 Å². The molecule has 0 aromatic carbocycles. The van der Waals surface area contributed by atoms with Crippen LogP contribution in [0.25, 0.3) is 0 Å². The number of rotatable bonds is 0. The van der Waals surface area contributed by atoms with Crippen molar-refractivity contribution in [3.8, 4) is 0 Å². The molecule has 0 spiro atoms. The van der Waals surface area contributed by atoms with E-state index in [1.165, 1.54) is 0 Å². The van der Waals surface area contributed by atoms with Crippen molar-refractivity contribution in [3.63, 3.8) is 0 Å². The average Bonchev–Trinajstić information content (AvgIpc) is 2.04. The normalized spacial score (nSPS) is 35.8. The second-order valence-corrected chi connectivity index (χ2v) is 3.76. The number of hydrogen-bond donors (Lipinski definition) is 2. The number of carbonyl (C=O) groups is 2. The summed E-state index contributed by atoms with van der Waals surface area (Å²) < 4.78 is 0. The second kappa shape index (κ2) is 3.77. The summed E-state index contributed by atoms with van der Waals surface area (Å²) in [5.74, 6) is 0.620. The highest BCUT2D eigenvalue weighted by molar-refractivity contribution is 5.85. The van der Waals surface area contributed by atoms with E-state index in [0.29, 0.717) is 12.1 Å². The van der Waals surface area contributed by atoms with Crippen molar-refractivity contribution in [2.24, 2.45) is 5.92 Å². The summed E-state index contributed by atoms with van der Waals surface area (Å²) >= 11 is 0. The van der Waals surface area contributed by atoms with Gasteiger partial charge in [-0.05, 0) is 13.8 Å². The Hall–Kier alpha value is -1.06. The molecule has 2 N–H and O–H groups in total. The van der Waals surface area contributed by atoms with E-state index in [2.05, 4.69) is 10.6 Å². The van der Waals surface area contributed by atoms with Gasteiger partial charge in [-0.2, -0.15) is 0 Å². The summed E-state index contributed by atoms with van der Waals surface area (Å²) in [6, 6.07) is 0.852. The minimum absolute atomic E-state index is 0.183. The Balaban J connectivity index is 0.000000132. The van der Waals surface area contributed by atoms with E-state index in [-0.39, 0.29) is 17.7 Å². The molecule has 3 unspecified atom stereocenters. The molecule has 0 aromatic heterocycles. The quantitative estimate of drug-likeness (QED) is 0.522. The molecule has 13 heavy (non-hydrogen) atoms. The third-order valence-corrected chi connectivity index (χ3v) is 2.43. The lowest BCUT2D eigenvalue weighted by molar-refractivity contribution is -0.133. The Kier molecular flexibility index (Phi) is 2.90. The number of nitrogens with one attached hydrogen (secondary N) is 2. The predicted octanol–water partition coefficient (Wildman–Crippen LogP) is 0.0356. The van der Waals surface area contributed by atoms with Crippen molar-refractivity contribution in [3.05, 3.63) is 0 Å². The highest BCUT2D eigenvalue weighted by Crippen LogP contribution is 2.11. The standard InChI is InChI=1S/C5H9NO.C4H7NO/c1-3-4(2)6-5(3)7;1-3-2-4(6)5-3/h3-4H,1-2H3,(H,6,7);3H,2H2,1H3,(H,5,6). The van der Waals surface area contributed by atoms with Gasteiger partial charge in [0.15, 0.2) is 0 Å². The van der Waals surface area contributed by atoms with E-state index in [9.17, 15) is 9.59 Å². The summed E-state index contributed by atoms with van der Waals surface area (Å²) in [6.07, 6.45) is 0.722. The third kappa shape index (κ3) is 2.44. The van der Waals surface area contributed by atoms with E-state index in [1.807, 2.05) is 20.8 Å². The fraction of sp³-hybridized carbons (Fsp3) is 0.778. The molecule has 0 aromatic rings. The Bertz CT molecular complexity index is 220. The van der Waals surface area contributed by atoms with Gasteiger partial charge in [-0.3, -0.25) is 9.59 Å². The van der Waals surface area contributed by atoms with Gasteiger partial charge in [-0.15, -0.1) is 0 Å².